The lowest BCUT2D eigenvalue weighted by Crippen LogP contribution is -2.32. The fourth-order valence-electron chi connectivity index (χ4n) is 2.28. The summed E-state index contributed by atoms with van der Waals surface area (Å²) in [4.78, 5) is 12.3. The van der Waals surface area contributed by atoms with Gasteiger partial charge >= 0.3 is 0 Å². The van der Waals surface area contributed by atoms with Crippen LogP contribution in [0.5, 0.6) is 0 Å². The molecule has 0 aliphatic heterocycles. The van der Waals surface area contributed by atoms with Gasteiger partial charge in [-0.05, 0) is 37.5 Å². The fourth-order valence-corrected chi connectivity index (χ4v) is 2.28. The molecule has 1 aliphatic carbocycles. The summed E-state index contributed by atoms with van der Waals surface area (Å²) >= 11 is 0. The predicted octanol–water partition coefficient (Wildman–Crippen LogP) is 3.31. The first-order valence-electron chi connectivity index (χ1n) is 6.39. The summed E-state index contributed by atoms with van der Waals surface area (Å²) in [7, 11) is 0. The van der Waals surface area contributed by atoms with Gasteiger partial charge in [-0.3, -0.25) is 4.79 Å². The van der Waals surface area contributed by atoms with Crippen LogP contribution < -0.4 is 5.73 Å². The highest BCUT2D eigenvalue weighted by atomic mass is 16.1. The summed E-state index contributed by atoms with van der Waals surface area (Å²) in [6.07, 6.45) is 4.48. The first-order chi connectivity index (χ1) is 8.00. The van der Waals surface area contributed by atoms with Crippen LogP contribution in [-0.2, 0) is 10.2 Å². The summed E-state index contributed by atoms with van der Waals surface area (Å²) in [5, 5.41) is 0. The monoisotopic (exact) mass is 231 g/mol. The molecule has 0 aromatic heterocycles. The second-order valence-corrected chi connectivity index (χ2v) is 5.67. The third kappa shape index (κ3) is 2.51. The third-order valence-corrected chi connectivity index (χ3v) is 4.03. The molecule has 2 rings (SSSR count). The summed E-state index contributed by atoms with van der Waals surface area (Å²) in [5.74, 6) is 0.988. The smallest absolute Gasteiger partial charge is 0.143 e. The standard InChI is InChI=1S/C15H21NO/c1-15(2,12-6-8-13(16)9-7-12)14(17)10-11-4-3-5-11/h6-9,11H,3-5,10,16H2,1-2H3. The van der Waals surface area contributed by atoms with Gasteiger partial charge in [-0.25, -0.2) is 0 Å². The lowest BCUT2D eigenvalue weighted by Gasteiger charge is -2.30. The predicted molar refractivity (Wildman–Crippen MR) is 70.8 cm³/mol. The Kier molecular flexibility index (Phi) is 3.23. The topological polar surface area (TPSA) is 43.1 Å². The number of nitrogens with two attached hydrogens (primary N) is 1. The van der Waals surface area contributed by atoms with E-state index in [2.05, 4.69) is 0 Å². The van der Waals surface area contributed by atoms with E-state index in [0.29, 0.717) is 11.7 Å². The molecule has 1 aromatic rings. The van der Waals surface area contributed by atoms with Gasteiger partial charge in [0.15, 0.2) is 0 Å². The number of anilines is 1. The van der Waals surface area contributed by atoms with Gasteiger partial charge < -0.3 is 5.73 Å². The van der Waals surface area contributed by atoms with E-state index >= 15 is 0 Å². The molecule has 0 heterocycles. The Hall–Kier alpha value is -1.31. The number of hydrogen-bond donors (Lipinski definition) is 1. The van der Waals surface area contributed by atoms with Crippen LogP contribution in [0, 0.1) is 5.92 Å². The van der Waals surface area contributed by atoms with Crippen LogP contribution in [0.3, 0.4) is 0 Å². The summed E-state index contributed by atoms with van der Waals surface area (Å²) in [6, 6.07) is 7.67. The molecule has 0 atom stereocenters. The van der Waals surface area contributed by atoms with Crippen molar-refractivity contribution < 1.29 is 4.79 Å². The van der Waals surface area contributed by atoms with Crippen molar-refractivity contribution in [2.45, 2.75) is 44.9 Å². The maximum atomic E-state index is 12.3. The molecule has 2 nitrogen and oxygen atoms in total. The average Bonchev–Trinajstić information content (AvgIpc) is 2.23. The highest BCUT2D eigenvalue weighted by Crippen LogP contribution is 2.34. The number of benzene rings is 1. The number of carbonyl (C=O) groups is 1. The van der Waals surface area contributed by atoms with E-state index in [1.54, 1.807) is 0 Å². The molecule has 1 aliphatic rings. The van der Waals surface area contributed by atoms with Crippen LogP contribution in [0.2, 0.25) is 0 Å². The van der Waals surface area contributed by atoms with Crippen molar-refractivity contribution in [3.8, 4) is 0 Å². The molecule has 1 saturated carbocycles. The molecule has 2 heteroatoms. The van der Waals surface area contributed by atoms with Crippen molar-refractivity contribution in [3.63, 3.8) is 0 Å². The van der Waals surface area contributed by atoms with E-state index in [9.17, 15) is 4.79 Å². The van der Waals surface area contributed by atoms with Crippen molar-refractivity contribution in [2.24, 2.45) is 5.92 Å². The lowest BCUT2D eigenvalue weighted by molar-refractivity contribution is -0.125. The SMILES string of the molecule is CC(C)(C(=O)CC1CCC1)c1ccc(N)cc1. The minimum absolute atomic E-state index is 0.354. The summed E-state index contributed by atoms with van der Waals surface area (Å²) < 4.78 is 0. The Morgan fingerprint density at radius 2 is 1.88 bits per heavy atom. The normalized spacial score (nSPS) is 16.6. The highest BCUT2D eigenvalue weighted by molar-refractivity contribution is 5.89. The van der Waals surface area contributed by atoms with E-state index in [1.165, 1.54) is 19.3 Å². The Morgan fingerprint density at radius 3 is 2.35 bits per heavy atom. The maximum Gasteiger partial charge on any atom is 0.143 e. The summed E-state index contributed by atoms with van der Waals surface area (Å²) in [6.45, 7) is 4.03. The average molecular weight is 231 g/mol. The minimum Gasteiger partial charge on any atom is -0.399 e. The number of ketones is 1. The van der Waals surface area contributed by atoms with Gasteiger partial charge in [0.1, 0.15) is 5.78 Å². The van der Waals surface area contributed by atoms with Gasteiger partial charge in [0.05, 0.1) is 0 Å². The fraction of sp³-hybridized carbons (Fsp3) is 0.533. The van der Waals surface area contributed by atoms with Gasteiger partial charge in [0.2, 0.25) is 0 Å². The van der Waals surface area contributed by atoms with Gasteiger partial charge in [-0.1, -0.05) is 31.4 Å². The second-order valence-electron chi connectivity index (χ2n) is 5.67. The van der Waals surface area contributed by atoms with Gasteiger partial charge in [0.25, 0.3) is 0 Å². The van der Waals surface area contributed by atoms with Crippen molar-refractivity contribution in [1.29, 1.82) is 0 Å². The van der Waals surface area contributed by atoms with Crippen molar-refractivity contribution in [2.75, 3.05) is 5.73 Å². The van der Waals surface area contributed by atoms with Crippen LogP contribution >= 0.6 is 0 Å². The molecule has 0 bridgehead atoms. The lowest BCUT2D eigenvalue weighted by atomic mass is 9.73. The Labute approximate surface area is 103 Å². The zero-order valence-corrected chi connectivity index (χ0v) is 10.7. The number of hydrogen-bond acceptors (Lipinski definition) is 2. The number of carbonyl (C=O) groups excluding carboxylic acids is 1. The summed E-state index contributed by atoms with van der Waals surface area (Å²) in [5.41, 5.74) is 7.10. The highest BCUT2D eigenvalue weighted by Gasteiger charge is 2.32. The Morgan fingerprint density at radius 1 is 1.29 bits per heavy atom. The molecule has 0 radical (unpaired) electrons. The largest absolute Gasteiger partial charge is 0.399 e. The molecule has 17 heavy (non-hydrogen) atoms. The van der Waals surface area contributed by atoms with Crippen LogP contribution in [0.1, 0.15) is 45.1 Å². The first kappa shape index (κ1) is 12.2. The molecule has 92 valence electrons. The quantitative estimate of drug-likeness (QED) is 0.808. The van der Waals surface area contributed by atoms with Crippen molar-refractivity contribution in [3.05, 3.63) is 29.8 Å². The number of nitrogen functional groups attached to an aromatic ring is 1. The third-order valence-electron chi connectivity index (χ3n) is 4.03. The molecule has 0 unspecified atom stereocenters. The molecule has 2 N–H and O–H groups in total. The Bertz CT molecular complexity index is 401. The second kappa shape index (κ2) is 4.52. The van der Waals surface area contributed by atoms with Crippen LogP contribution in [-0.4, -0.2) is 5.78 Å². The number of Topliss-reactive ketones (excluding diaryl/α,β-unsaturated/α-hetero) is 1. The molecule has 1 aromatic carbocycles. The van der Waals surface area contributed by atoms with E-state index in [4.69, 9.17) is 5.73 Å². The Balaban J connectivity index is 2.10. The molecule has 0 saturated heterocycles. The van der Waals surface area contributed by atoms with Gasteiger partial charge in [0, 0.05) is 17.5 Å². The van der Waals surface area contributed by atoms with Gasteiger partial charge in [-0.15, -0.1) is 0 Å². The maximum absolute atomic E-state index is 12.3. The number of rotatable bonds is 4. The van der Waals surface area contributed by atoms with Crippen molar-refractivity contribution >= 4 is 11.5 Å². The van der Waals surface area contributed by atoms with Crippen molar-refractivity contribution in [1.82, 2.24) is 0 Å². The first-order valence-corrected chi connectivity index (χ1v) is 6.39. The van der Waals surface area contributed by atoms with E-state index < -0.39 is 0 Å². The van der Waals surface area contributed by atoms with Gasteiger partial charge in [-0.2, -0.15) is 0 Å². The minimum atomic E-state index is -0.386. The molecular weight excluding hydrogens is 210 g/mol. The molecule has 0 amide bonds. The molecule has 0 spiro atoms. The van der Waals surface area contributed by atoms with E-state index in [0.717, 1.165) is 17.7 Å². The van der Waals surface area contributed by atoms with Crippen LogP contribution in [0.4, 0.5) is 5.69 Å². The van der Waals surface area contributed by atoms with Crippen LogP contribution in [0.15, 0.2) is 24.3 Å². The molecular formula is C15H21NO. The zero-order chi connectivity index (χ0) is 12.5. The van der Waals surface area contributed by atoms with Crippen LogP contribution in [0.25, 0.3) is 0 Å². The van der Waals surface area contributed by atoms with E-state index in [1.807, 2.05) is 38.1 Å². The zero-order valence-electron chi connectivity index (χ0n) is 10.7. The molecule has 1 fully saturated rings. The van der Waals surface area contributed by atoms with E-state index in [-0.39, 0.29) is 5.41 Å².